The van der Waals surface area contributed by atoms with Crippen LogP contribution in [0.3, 0.4) is 0 Å². The highest BCUT2D eigenvalue weighted by Crippen LogP contribution is 2.25. The van der Waals surface area contributed by atoms with E-state index in [0.717, 1.165) is 5.56 Å². The zero-order chi connectivity index (χ0) is 13.1. The molecule has 0 bridgehead atoms. The van der Waals surface area contributed by atoms with Crippen LogP contribution in [0.1, 0.15) is 46.8 Å². The molecule has 0 aromatic heterocycles. The quantitative estimate of drug-likeness (QED) is 0.726. The predicted molar refractivity (Wildman–Crippen MR) is 75.1 cm³/mol. The Kier molecular flexibility index (Phi) is 3.61. The van der Waals surface area contributed by atoms with Gasteiger partial charge in [-0.1, -0.05) is 55.0 Å². The second kappa shape index (κ2) is 5.18. The van der Waals surface area contributed by atoms with Crippen molar-refractivity contribution in [1.29, 1.82) is 0 Å². The van der Waals surface area contributed by atoms with Crippen LogP contribution in [0.4, 0.5) is 0 Å². The molecule has 0 N–H and O–H groups in total. The van der Waals surface area contributed by atoms with Crippen LogP contribution in [0.2, 0.25) is 0 Å². The lowest BCUT2D eigenvalue weighted by Gasteiger charge is -2.13. The van der Waals surface area contributed by atoms with E-state index in [2.05, 4.69) is 44.2 Å². The van der Waals surface area contributed by atoms with Gasteiger partial charge in [0.15, 0.2) is 5.78 Å². The van der Waals surface area contributed by atoms with Crippen molar-refractivity contribution in [3.63, 3.8) is 0 Å². The van der Waals surface area contributed by atoms with Gasteiger partial charge in [-0.3, -0.25) is 4.79 Å². The minimum Gasteiger partial charge on any atom is -0.295 e. The van der Waals surface area contributed by atoms with Gasteiger partial charge in [0.2, 0.25) is 0 Å². The summed E-state index contributed by atoms with van der Waals surface area (Å²) in [6, 6.07) is 16.5. The molecule has 0 amide bonds. The van der Waals surface area contributed by atoms with Crippen molar-refractivity contribution >= 4 is 5.78 Å². The fraction of sp³-hybridized carbons (Fsp3) is 0.235. The Morgan fingerprint density at radius 2 is 1.67 bits per heavy atom. The normalized spacial score (nSPS) is 12.2. The summed E-state index contributed by atoms with van der Waals surface area (Å²) in [5, 5.41) is 0. The molecule has 0 saturated carbocycles. The fourth-order valence-corrected chi connectivity index (χ4v) is 2.07. The number of Topliss-reactive ketones (excluding diaryl/α,β-unsaturated/α-hetero) is 1. The molecule has 2 rings (SSSR count). The number of aryl methyl sites for hydroxylation is 1. The van der Waals surface area contributed by atoms with Gasteiger partial charge >= 0.3 is 0 Å². The average molecular weight is 238 g/mol. The van der Waals surface area contributed by atoms with E-state index in [4.69, 9.17) is 0 Å². The highest BCUT2D eigenvalue weighted by Gasteiger charge is 2.09. The summed E-state index contributed by atoms with van der Waals surface area (Å²) in [4.78, 5) is 11.4. The molecular weight excluding hydrogens is 220 g/mol. The van der Waals surface area contributed by atoms with Crippen LogP contribution >= 0.6 is 0 Å². The molecule has 2 aromatic rings. The highest BCUT2D eigenvalue weighted by molar-refractivity contribution is 5.94. The number of carbonyl (C=O) groups excluding carboxylic acids is 1. The van der Waals surface area contributed by atoms with Gasteiger partial charge in [-0.05, 0) is 31.0 Å². The molecule has 2 aromatic carbocycles. The average Bonchev–Trinajstić information content (AvgIpc) is 2.39. The zero-order valence-corrected chi connectivity index (χ0v) is 11.1. The van der Waals surface area contributed by atoms with E-state index in [9.17, 15) is 4.79 Å². The summed E-state index contributed by atoms with van der Waals surface area (Å²) in [7, 11) is 0. The molecule has 1 heteroatoms. The van der Waals surface area contributed by atoms with Crippen molar-refractivity contribution in [3.8, 4) is 0 Å². The summed E-state index contributed by atoms with van der Waals surface area (Å²) < 4.78 is 0. The maximum absolute atomic E-state index is 11.4. The second-order valence-electron chi connectivity index (χ2n) is 4.81. The highest BCUT2D eigenvalue weighted by atomic mass is 16.1. The van der Waals surface area contributed by atoms with Crippen molar-refractivity contribution in [1.82, 2.24) is 0 Å². The third-order valence-electron chi connectivity index (χ3n) is 3.37. The standard InChI is InChI=1S/C17H18O/c1-12-7-9-15(10-8-12)13(2)16-5-4-6-17(11-16)14(3)18/h4-11,13H,1-3H3. The van der Waals surface area contributed by atoms with Crippen molar-refractivity contribution < 1.29 is 4.79 Å². The largest absolute Gasteiger partial charge is 0.295 e. The Morgan fingerprint density at radius 1 is 1.00 bits per heavy atom. The monoisotopic (exact) mass is 238 g/mol. The Hall–Kier alpha value is -1.89. The number of benzene rings is 2. The van der Waals surface area contributed by atoms with Gasteiger partial charge in [-0.15, -0.1) is 0 Å². The Bertz CT molecular complexity index is 552. The first-order valence-corrected chi connectivity index (χ1v) is 6.25. The Labute approximate surface area is 108 Å². The van der Waals surface area contributed by atoms with Crippen molar-refractivity contribution in [2.45, 2.75) is 26.7 Å². The van der Waals surface area contributed by atoms with E-state index >= 15 is 0 Å². The van der Waals surface area contributed by atoms with Crippen LogP contribution in [0, 0.1) is 6.92 Å². The molecule has 0 radical (unpaired) electrons. The number of rotatable bonds is 3. The molecule has 0 fully saturated rings. The number of ketones is 1. The third-order valence-corrected chi connectivity index (χ3v) is 3.37. The van der Waals surface area contributed by atoms with Gasteiger partial charge in [0.25, 0.3) is 0 Å². The molecule has 1 atom stereocenters. The van der Waals surface area contributed by atoms with Crippen molar-refractivity contribution in [3.05, 3.63) is 70.8 Å². The van der Waals surface area contributed by atoms with Crippen LogP contribution in [-0.2, 0) is 0 Å². The summed E-state index contributed by atoms with van der Waals surface area (Å²) in [6.07, 6.45) is 0. The first-order chi connectivity index (χ1) is 8.58. The number of carbonyl (C=O) groups is 1. The molecule has 1 nitrogen and oxygen atoms in total. The number of hydrogen-bond donors (Lipinski definition) is 0. The molecule has 1 unspecified atom stereocenters. The van der Waals surface area contributed by atoms with E-state index in [1.54, 1.807) is 6.92 Å². The lowest BCUT2D eigenvalue weighted by atomic mass is 9.91. The van der Waals surface area contributed by atoms with Crippen LogP contribution in [-0.4, -0.2) is 5.78 Å². The zero-order valence-electron chi connectivity index (χ0n) is 11.1. The first kappa shape index (κ1) is 12.6. The van der Waals surface area contributed by atoms with Gasteiger partial charge in [-0.2, -0.15) is 0 Å². The second-order valence-corrected chi connectivity index (χ2v) is 4.81. The van der Waals surface area contributed by atoms with E-state index in [-0.39, 0.29) is 5.78 Å². The summed E-state index contributed by atoms with van der Waals surface area (Å²) in [6.45, 7) is 5.87. The molecule has 18 heavy (non-hydrogen) atoms. The predicted octanol–water partition coefficient (Wildman–Crippen LogP) is 4.35. The van der Waals surface area contributed by atoms with Crippen molar-refractivity contribution in [2.24, 2.45) is 0 Å². The van der Waals surface area contributed by atoms with E-state index < -0.39 is 0 Å². The van der Waals surface area contributed by atoms with E-state index in [1.165, 1.54) is 16.7 Å². The first-order valence-electron chi connectivity index (χ1n) is 6.25. The van der Waals surface area contributed by atoms with Gasteiger partial charge in [0.05, 0.1) is 0 Å². The Morgan fingerprint density at radius 3 is 2.28 bits per heavy atom. The van der Waals surface area contributed by atoms with Crippen LogP contribution in [0.25, 0.3) is 0 Å². The minimum absolute atomic E-state index is 0.118. The van der Waals surface area contributed by atoms with Gasteiger partial charge in [0.1, 0.15) is 0 Å². The summed E-state index contributed by atoms with van der Waals surface area (Å²) in [5.74, 6) is 0.429. The van der Waals surface area contributed by atoms with Crippen LogP contribution in [0.5, 0.6) is 0 Å². The molecular formula is C17H18O. The third kappa shape index (κ3) is 2.67. The summed E-state index contributed by atoms with van der Waals surface area (Å²) >= 11 is 0. The molecule has 92 valence electrons. The lowest BCUT2D eigenvalue weighted by molar-refractivity contribution is 0.101. The Balaban J connectivity index is 2.33. The molecule has 0 saturated heterocycles. The SMILES string of the molecule is CC(=O)c1cccc(C(C)c2ccc(C)cc2)c1. The lowest BCUT2D eigenvalue weighted by Crippen LogP contribution is -1.99. The van der Waals surface area contributed by atoms with E-state index in [1.807, 2.05) is 18.2 Å². The van der Waals surface area contributed by atoms with Crippen LogP contribution in [0.15, 0.2) is 48.5 Å². The molecule has 0 heterocycles. The smallest absolute Gasteiger partial charge is 0.159 e. The number of hydrogen-bond acceptors (Lipinski definition) is 1. The van der Waals surface area contributed by atoms with Crippen molar-refractivity contribution in [2.75, 3.05) is 0 Å². The van der Waals surface area contributed by atoms with Gasteiger partial charge in [0, 0.05) is 11.5 Å². The maximum Gasteiger partial charge on any atom is 0.159 e. The molecule has 0 aliphatic heterocycles. The van der Waals surface area contributed by atoms with Gasteiger partial charge in [-0.25, -0.2) is 0 Å². The fourth-order valence-electron chi connectivity index (χ4n) is 2.07. The van der Waals surface area contributed by atoms with Gasteiger partial charge < -0.3 is 0 Å². The molecule has 0 aliphatic carbocycles. The van der Waals surface area contributed by atoms with Crippen LogP contribution < -0.4 is 0 Å². The topological polar surface area (TPSA) is 17.1 Å². The van der Waals surface area contributed by atoms with E-state index in [0.29, 0.717) is 5.92 Å². The molecule has 0 spiro atoms. The molecule has 0 aliphatic rings. The summed E-state index contributed by atoms with van der Waals surface area (Å²) in [5.41, 5.74) is 4.52. The minimum atomic E-state index is 0.118. The maximum atomic E-state index is 11.4.